The van der Waals surface area contributed by atoms with E-state index in [0.717, 1.165) is 0 Å². The van der Waals surface area contributed by atoms with Crippen molar-refractivity contribution in [1.29, 1.82) is 0 Å². The number of thiophene rings is 1. The summed E-state index contributed by atoms with van der Waals surface area (Å²) in [6, 6.07) is 11.7. The molecule has 8 heteroatoms. The van der Waals surface area contributed by atoms with Gasteiger partial charge in [0.15, 0.2) is 0 Å². The van der Waals surface area contributed by atoms with E-state index in [1.165, 1.54) is 23.3 Å². The summed E-state index contributed by atoms with van der Waals surface area (Å²) in [5, 5.41) is 7.40. The first-order valence-corrected chi connectivity index (χ1v) is 10.6. The number of carbonyl (C=O) groups excluding carboxylic acids is 3. The molecular weight excluding hydrogens is 402 g/mol. The molecular formula is C22H29N3O4S. The Kier molecular flexibility index (Phi) is 8.56. The van der Waals surface area contributed by atoms with E-state index >= 15 is 0 Å². The van der Waals surface area contributed by atoms with E-state index in [1.54, 1.807) is 17.5 Å². The first kappa shape index (κ1) is 23.6. The highest BCUT2D eigenvalue weighted by Gasteiger charge is 2.33. The van der Waals surface area contributed by atoms with Gasteiger partial charge in [0.1, 0.15) is 6.04 Å². The van der Waals surface area contributed by atoms with Gasteiger partial charge in [-0.05, 0) is 37.8 Å². The third-order valence-corrected chi connectivity index (χ3v) is 5.04. The van der Waals surface area contributed by atoms with Crippen LogP contribution in [0.4, 0.5) is 0 Å². The number of nitrogens with zero attached hydrogens (tertiary/aromatic N) is 1. The molecule has 30 heavy (non-hydrogen) atoms. The summed E-state index contributed by atoms with van der Waals surface area (Å²) in [5.41, 5.74) is 0.223. The monoisotopic (exact) mass is 431 g/mol. The average molecular weight is 432 g/mol. The van der Waals surface area contributed by atoms with Crippen molar-refractivity contribution in [3.05, 3.63) is 58.3 Å². The Bertz CT molecular complexity index is 832. The van der Waals surface area contributed by atoms with Crippen LogP contribution in [0, 0.1) is 0 Å². The molecule has 0 aliphatic carbocycles. The highest BCUT2D eigenvalue weighted by atomic mass is 32.1. The largest absolute Gasteiger partial charge is 0.383 e. The van der Waals surface area contributed by atoms with Gasteiger partial charge in [-0.15, -0.1) is 11.3 Å². The number of rotatable bonds is 9. The lowest BCUT2D eigenvalue weighted by atomic mass is 10.0. The molecule has 0 spiro atoms. The van der Waals surface area contributed by atoms with Gasteiger partial charge >= 0.3 is 0 Å². The summed E-state index contributed by atoms with van der Waals surface area (Å²) in [6.07, 6.45) is 0. The number of amides is 3. The Morgan fingerprint density at radius 1 is 1.10 bits per heavy atom. The molecule has 2 N–H and O–H groups in total. The van der Waals surface area contributed by atoms with Crippen LogP contribution in [-0.4, -0.2) is 55.0 Å². The van der Waals surface area contributed by atoms with E-state index in [-0.39, 0.29) is 37.4 Å². The van der Waals surface area contributed by atoms with Gasteiger partial charge in [0, 0.05) is 19.2 Å². The molecule has 162 valence electrons. The van der Waals surface area contributed by atoms with Crippen LogP contribution in [0.25, 0.3) is 0 Å². The average Bonchev–Trinajstić information content (AvgIpc) is 3.23. The molecule has 1 atom stereocenters. The first-order valence-electron chi connectivity index (χ1n) is 9.70. The van der Waals surface area contributed by atoms with Gasteiger partial charge in [0.2, 0.25) is 11.8 Å². The van der Waals surface area contributed by atoms with Crippen LogP contribution in [0.1, 0.15) is 42.0 Å². The molecule has 0 radical (unpaired) electrons. The van der Waals surface area contributed by atoms with Crippen LogP contribution < -0.4 is 10.6 Å². The van der Waals surface area contributed by atoms with Crippen molar-refractivity contribution in [3.8, 4) is 0 Å². The molecule has 0 saturated heterocycles. The SMILES string of the molecule is COCCN(C(=O)CNC(=O)c1cccs1)[C@H](C(=O)NC(C)(C)C)c1ccccc1. The van der Waals surface area contributed by atoms with Gasteiger partial charge in [-0.3, -0.25) is 14.4 Å². The Labute approximate surface area is 181 Å². The van der Waals surface area contributed by atoms with E-state index in [2.05, 4.69) is 10.6 Å². The first-order chi connectivity index (χ1) is 14.2. The third-order valence-electron chi connectivity index (χ3n) is 4.18. The molecule has 0 unspecified atom stereocenters. The Hall–Kier alpha value is -2.71. The summed E-state index contributed by atoms with van der Waals surface area (Å²) in [7, 11) is 1.54. The van der Waals surface area contributed by atoms with E-state index in [4.69, 9.17) is 4.74 Å². The number of ether oxygens (including phenoxy) is 1. The lowest BCUT2D eigenvalue weighted by molar-refractivity contribution is -0.141. The molecule has 2 rings (SSSR count). The second kappa shape index (κ2) is 10.9. The number of benzene rings is 1. The third kappa shape index (κ3) is 6.96. The van der Waals surface area contributed by atoms with E-state index < -0.39 is 11.6 Å². The lowest BCUT2D eigenvalue weighted by Gasteiger charge is -2.33. The van der Waals surface area contributed by atoms with Crippen LogP contribution in [0.5, 0.6) is 0 Å². The van der Waals surface area contributed by atoms with Crippen LogP contribution in [0.3, 0.4) is 0 Å². The second-order valence-corrected chi connectivity index (χ2v) is 8.74. The van der Waals surface area contributed by atoms with Crippen LogP contribution in [-0.2, 0) is 14.3 Å². The Morgan fingerprint density at radius 2 is 1.80 bits per heavy atom. The fourth-order valence-electron chi connectivity index (χ4n) is 2.89. The fraction of sp³-hybridized carbons (Fsp3) is 0.409. The minimum absolute atomic E-state index is 0.210. The zero-order valence-corrected chi connectivity index (χ0v) is 18.6. The fourth-order valence-corrected chi connectivity index (χ4v) is 3.53. The molecule has 1 aromatic heterocycles. The quantitative estimate of drug-likeness (QED) is 0.639. The molecule has 7 nitrogen and oxygen atoms in total. The summed E-state index contributed by atoms with van der Waals surface area (Å²) in [4.78, 5) is 40.5. The normalized spacial score (nSPS) is 12.1. The van der Waals surface area contributed by atoms with Gasteiger partial charge in [0.25, 0.3) is 5.91 Å². The number of hydrogen-bond donors (Lipinski definition) is 2. The standard InChI is InChI=1S/C22H29N3O4S/c1-22(2,3)24-21(28)19(16-9-6-5-7-10-16)25(12-13-29-4)18(26)15-23-20(27)17-11-8-14-30-17/h5-11,14,19H,12-13,15H2,1-4H3,(H,23,27)(H,24,28)/t19-/m0/s1. The van der Waals surface area contributed by atoms with Crippen molar-refractivity contribution in [2.45, 2.75) is 32.4 Å². The number of nitrogens with one attached hydrogen (secondary N) is 2. The minimum Gasteiger partial charge on any atom is -0.383 e. The molecule has 1 aromatic carbocycles. The molecule has 0 fully saturated rings. The van der Waals surface area contributed by atoms with Crippen molar-refractivity contribution in [2.24, 2.45) is 0 Å². The summed E-state index contributed by atoms with van der Waals surface area (Å²) in [5.74, 6) is -0.974. The second-order valence-electron chi connectivity index (χ2n) is 7.79. The van der Waals surface area contributed by atoms with Crippen LogP contribution in [0.2, 0.25) is 0 Å². The lowest BCUT2D eigenvalue weighted by Crippen LogP contribution is -2.51. The molecule has 3 amide bonds. The molecule has 0 aliphatic heterocycles. The van der Waals surface area contributed by atoms with Gasteiger partial charge in [0.05, 0.1) is 18.0 Å². The van der Waals surface area contributed by atoms with Gasteiger partial charge in [-0.2, -0.15) is 0 Å². The minimum atomic E-state index is -0.841. The summed E-state index contributed by atoms with van der Waals surface area (Å²) >= 11 is 1.30. The van der Waals surface area contributed by atoms with Crippen molar-refractivity contribution in [3.63, 3.8) is 0 Å². The Balaban J connectivity index is 2.26. The van der Waals surface area contributed by atoms with Crippen molar-refractivity contribution in [1.82, 2.24) is 15.5 Å². The van der Waals surface area contributed by atoms with Crippen molar-refractivity contribution in [2.75, 3.05) is 26.8 Å². The van der Waals surface area contributed by atoms with Crippen molar-refractivity contribution >= 4 is 29.1 Å². The maximum absolute atomic E-state index is 13.2. The highest BCUT2D eigenvalue weighted by molar-refractivity contribution is 7.12. The predicted molar refractivity (Wildman–Crippen MR) is 117 cm³/mol. The van der Waals surface area contributed by atoms with Crippen LogP contribution in [0.15, 0.2) is 47.8 Å². The van der Waals surface area contributed by atoms with E-state index in [1.807, 2.05) is 51.1 Å². The summed E-state index contributed by atoms with van der Waals surface area (Å²) < 4.78 is 5.16. The summed E-state index contributed by atoms with van der Waals surface area (Å²) in [6.45, 7) is 5.91. The van der Waals surface area contributed by atoms with Crippen LogP contribution >= 0.6 is 11.3 Å². The smallest absolute Gasteiger partial charge is 0.261 e. The zero-order valence-electron chi connectivity index (χ0n) is 17.8. The number of carbonyl (C=O) groups is 3. The molecule has 0 saturated carbocycles. The van der Waals surface area contributed by atoms with Gasteiger partial charge in [-0.1, -0.05) is 36.4 Å². The molecule has 1 heterocycles. The maximum atomic E-state index is 13.2. The maximum Gasteiger partial charge on any atom is 0.261 e. The van der Waals surface area contributed by atoms with E-state index in [0.29, 0.717) is 10.4 Å². The highest BCUT2D eigenvalue weighted by Crippen LogP contribution is 2.22. The zero-order chi connectivity index (χ0) is 22.1. The number of hydrogen-bond acceptors (Lipinski definition) is 5. The predicted octanol–water partition coefficient (Wildman–Crippen LogP) is 2.61. The molecule has 0 bridgehead atoms. The molecule has 2 aromatic rings. The number of methoxy groups -OCH3 is 1. The molecule has 0 aliphatic rings. The van der Waals surface area contributed by atoms with Gasteiger partial charge < -0.3 is 20.3 Å². The van der Waals surface area contributed by atoms with Crippen molar-refractivity contribution < 1.29 is 19.1 Å². The Morgan fingerprint density at radius 3 is 2.37 bits per heavy atom. The van der Waals surface area contributed by atoms with E-state index in [9.17, 15) is 14.4 Å². The van der Waals surface area contributed by atoms with Gasteiger partial charge in [-0.25, -0.2) is 0 Å². The topological polar surface area (TPSA) is 87.7 Å².